The maximum atomic E-state index is 12.1. The van der Waals surface area contributed by atoms with Crippen molar-refractivity contribution in [1.29, 1.82) is 0 Å². The molecule has 2 unspecified atom stereocenters. The average Bonchev–Trinajstić information content (AvgIpc) is 2.47. The molecule has 0 aliphatic carbocycles. The van der Waals surface area contributed by atoms with Crippen LogP contribution in [0.3, 0.4) is 0 Å². The third-order valence-electron chi connectivity index (χ3n) is 3.91. The van der Waals surface area contributed by atoms with E-state index in [1.165, 1.54) is 0 Å². The number of likely N-dealkylation sites (tertiary alicyclic amines) is 1. The Bertz CT molecular complexity index is 423. The van der Waals surface area contributed by atoms with Crippen molar-refractivity contribution in [3.05, 3.63) is 29.8 Å². The van der Waals surface area contributed by atoms with Gasteiger partial charge in [-0.1, -0.05) is 18.6 Å². The van der Waals surface area contributed by atoms with Gasteiger partial charge in [-0.3, -0.25) is 4.90 Å². The van der Waals surface area contributed by atoms with Crippen molar-refractivity contribution >= 4 is 0 Å². The highest BCUT2D eigenvalue weighted by atomic mass is 19.3. The number of aliphatic hydroxyl groups excluding tert-OH is 1. The first-order valence-corrected chi connectivity index (χ1v) is 7.48. The smallest absolute Gasteiger partial charge is 0.272 e. The summed E-state index contributed by atoms with van der Waals surface area (Å²) in [6.07, 6.45) is 0.544. The molecule has 1 N–H and O–H groups in total. The number of hydrogen-bond donors (Lipinski definition) is 1. The van der Waals surface area contributed by atoms with Crippen LogP contribution in [0.2, 0.25) is 0 Å². The van der Waals surface area contributed by atoms with Crippen LogP contribution in [-0.2, 0) is 6.54 Å². The Hall–Kier alpha value is -1.20. The van der Waals surface area contributed by atoms with Crippen molar-refractivity contribution in [2.24, 2.45) is 0 Å². The van der Waals surface area contributed by atoms with Crippen LogP contribution in [0.15, 0.2) is 24.3 Å². The summed E-state index contributed by atoms with van der Waals surface area (Å²) in [7, 11) is 0. The quantitative estimate of drug-likeness (QED) is 0.876. The summed E-state index contributed by atoms with van der Waals surface area (Å²) in [6.45, 7) is 3.02. The lowest BCUT2D eigenvalue weighted by Crippen LogP contribution is -2.45. The van der Waals surface area contributed by atoms with Gasteiger partial charge in [-0.2, -0.15) is 0 Å². The second kappa shape index (κ2) is 7.71. The molecule has 118 valence electrons. The van der Waals surface area contributed by atoms with Crippen molar-refractivity contribution in [2.75, 3.05) is 13.2 Å². The predicted octanol–water partition coefficient (Wildman–Crippen LogP) is 3.07. The van der Waals surface area contributed by atoms with Gasteiger partial charge in [-0.05, 0) is 44.0 Å². The van der Waals surface area contributed by atoms with Gasteiger partial charge in [0.05, 0.1) is 6.10 Å². The highest BCUT2D eigenvalue weighted by Crippen LogP contribution is 2.23. The molecule has 2 rings (SSSR count). The Kier molecular flexibility index (Phi) is 5.94. The summed E-state index contributed by atoms with van der Waals surface area (Å²) >= 11 is 0. The molecule has 0 saturated carbocycles. The van der Waals surface area contributed by atoms with E-state index in [4.69, 9.17) is 4.74 Å². The van der Waals surface area contributed by atoms with Crippen LogP contribution in [0.25, 0.3) is 0 Å². The molecule has 1 fully saturated rings. The molecule has 1 saturated heterocycles. The minimum absolute atomic E-state index is 0.202. The first-order valence-electron chi connectivity index (χ1n) is 7.48. The zero-order valence-corrected chi connectivity index (χ0v) is 12.3. The van der Waals surface area contributed by atoms with Crippen LogP contribution < -0.4 is 4.74 Å². The lowest BCUT2D eigenvalue weighted by molar-refractivity contribution is 0.0316. The summed E-state index contributed by atoms with van der Waals surface area (Å²) in [5, 5.41) is 9.86. The minimum atomic E-state index is -2.45. The predicted molar refractivity (Wildman–Crippen MR) is 77.7 cm³/mol. The maximum absolute atomic E-state index is 12.1. The lowest BCUT2D eigenvalue weighted by atomic mass is 9.97. The van der Waals surface area contributed by atoms with E-state index >= 15 is 0 Å². The molecule has 0 amide bonds. The van der Waals surface area contributed by atoms with Gasteiger partial charge in [0, 0.05) is 12.6 Å². The molecular weight excluding hydrogens is 276 g/mol. The highest BCUT2D eigenvalue weighted by Gasteiger charge is 2.25. The SMILES string of the molecule is CC(O)C1CCCCN1Cc1ccc(OCC(F)F)cc1. The molecular formula is C16H23F2NO2. The van der Waals surface area contributed by atoms with Crippen LogP contribution in [0.1, 0.15) is 31.7 Å². The van der Waals surface area contributed by atoms with E-state index in [2.05, 4.69) is 4.90 Å². The Morgan fingerprint density at radius 1 is 1.29 bits per heavy atom. The number of hydrogen-bond acceptors (Lipinski definition) is 3. The van der Waals surface area contributed by atoms with Gasteiger partial charge >= 0.3 is 0 Å². The second-order valence-electron chi connectivity index (χ2n) is 5.62. The van der Waals surface area contributed by atoms with Gasteiger partial charge < -0.3 is 9.84 Å². The van der Waals surface area contributed by atoms with E-state index < -0.39 is 13.0 Å². The van der Waals surface area contributed by atoms with Gasteiger partial charge in [-0.15, -0.1) is 0 Å². The Balaban J connectivity index is 1.92. The zero-order chi connectivity index (χ0) is 15.2. The minimum Gasteiger partial charge on any atom is -0.488 e. The maximum Gasteiger partial charge on any atom is 0.272 e. The van der Waals surface area contributed by atoms with Crippen molar-refractivity contribution in [3.8, 4) is 5.75 Å². The summed E-state index contributed by atoms with van der Waals surface area (Å²) in [5.41, 5.74) is 1.10. The molecule has 5 heteroatoms. The van der Waals surface area contributed by atoms with Gasteiger partial charge in [0.25, 0.3) is 6.43 Å². The summed E-state index contributed by atoms with van der Waals surface area (Å²) in [4.78, 5) is 2.29. The number of piperidine rings is 1. The Morgan fingerprint density at radius 3 is 2.62 bits per heavy atom. The van der Waals surface area contributed by atoms with E-state index in [0.717, 1.165) is 37.9 Å². The second-order valence-corrected chi connectivity index (χ2v) is 5.62. The van der Waals surface area contributed by atoms with Crippen molar-refractivity contribution in [3.63, 3.8) is 0 Å². The van der Waals surface area contributed by atoms with Crippen molar-refractivity contribution in [1.82, 2.24) is 4.90 Å². The molecule has 0 aromatic heterocycles. The van der Waals surface area contributed by atoms with Crippen LogP contribution in [0.4, 0.5) is 8.78 Å². The number of rotatable bonds is 6. The molecule has 21 heavy (non-hydrogen) atoms. The Morgan fingerprint density at radius 2 is 2.00 bits per heavy atom. The first-order chi connectivity index (χ1) is 10.1. The average molecular weight is 299 g/mol. The van der Waals surface area contributed by atoms with E-state index in [0.29, 0.717) is 5.75 Å². The molecule has 3 nitrogen and oxygen atoms in total. The summed E-state index contributed by atoms with van der Waals surface area (Å²) < 4.78 is 29.1. The van der Waals surface area contributed by atoms with Crippen molar-refractivity contribution < 1.29 is 18.6 Å². The highest BCUT2D eigenvalue weighted by molar-refractivity contribution is 5.27. The number of nitrogens with zero attached hydrogens (tertiary/aromatic N) is 1. The van der Waals surface area contributed by atoms with E-state index in [9.17, 15) is 13.9 Å². The third kappa shape index (κ3) is 4.93. The van der Waals surface area contributed by atoms with E-state index in [1.807, 2.05) is 19.1 Å². The normalized spacial score (nSPS) is 21.5. The number of aliphatic hydroxyl groups is 1. The van der Waals surface area contributed by atoms with Gasteiger partial charge in [0.15, 0.2) is 0 Å². The van der Waals surface area contributed by atoms with Crippen LogP contribution in [-0.4, -0.2) is 41.7 Å². The van der Waals surface area contributed by atoms with Gasteiger partial charge in [0.2, 0.25) is 0 Å². The fourth-order valence-electron chi connectivity index (χ4n) is 2.84. The molecule has 1 aliphatic heterocycles. The number of benzene rings is 1. The van der Waals surface area contributed by atoms with Gasteiger partial charge in [0.1, 0.15) is 12.4 Å². The lowest BCUT2D eigenvalue weighted by Gasteiger charge is -2.37. The molecule has 1 aliphatic rings. The molecule has 1 aromatic carbocycles. The Labute approximate surface area is 124 Å². The fraction of sp³-hybridized carbons (Fsp3) is 0.625. The molecule has 2 atom stereocenters. The number of halogens is 2. The molecule has 0 bridgehead atoms. The largest absolute Gasteiger partial charge is 0.488 e. The topological polar surface area (TPSA) is 32.7 Å². The monoisotopic (exact) mass is 299 g/mol. The van der Waals surface area contributed by atoms with Crippen LogP contribution in [0.5, 0.6) is 5.75 Å². The third-order valence-corrected chi connectivity index (χ3v) is 3.91. The standard InChI is InChI=1S/C16H23F2NO2/c1-12(20)15-4-2-3-9-19(15)10-13-5-7-14(8-6-13)21-11-16(17)18/h5-8,12,15-16,20H,2-4,9-11H2,1H3. The van der Waals surface area contributed by atoms with Crippen molar-refractivity contribution in [2.45, 2.75) is 51.3 Å². The molecule has 0 radical (unpaired) electrons. The summed E-state index contributed by atoms with van der Waals surface area (Å²) in [5.74, 6) is 0.463. The fourth-order valence-corrected chi connectivity index (χ4v) is 2.84. The first kappa shape index (κ1) is 16.2. The van der Waals surface area contributed by atoms with E-state index in [-0.39, 0.29) is 12.1 Å². The van der Waals surface area contributed by atoms with Crippen LogP contribution in [0, 0.1) is 0 Å². The van der Waals surface area contributed by atoms with E-state index in [1.54, 1.807) is 12.1 Å². The van der Waals surface area contributed by atoms with Gasteiger partial charge in [-0.25, -0.2) is 8.78 Å². The van der Waals surface area contributed by atoms with Crippen LogP contribution >= 0.6 is 0 Å². The zero-order valence-electron chi connectivity index (χ0n) is 12.3. The molecule has 1 heterocycles. The number of alkyl halides is 2. The molecule has 1 aromatic rings. The summed E-state index contributed by atoms with van der Waals surface area (Å²) in [6, 6.07) is 7.44. The molecule has 0 spiro atoms. The number of ether oxygens (including phenoxy) is 1.